The van der Waals surface area contributed by atoms with Gasteiger partial charge in [-0.25, -0.2) is 17.2 Å². The van der Waals surface area contributed by atoms with Crippen molar-refractivity contribution in [3.8, 4) is 0 Å². The molecule has 1 aromatic carbocycles. The number of rotatable bonds is 4. The van der Waals surface area contributed by atoms with Crippen LogP contribution >= 0.6 is 0 Å². The van der Waals surface area contributed by atoms with E-state index in [0.717, 1.165) is 31.4 Å². The molecule has 1 aliphatic carbocycles. The average Bonchev–Trinajstić information content (AvgIpc) is 2.46. The Kier molecular flexibility index (Phi) is 4.65. The van der Waals surface area contributed by atoms with Crippen molar-refractivity contribution in [3.05, 3.63) is 29.8 Å². The van der Waals surface area contributed by atoms with Gasteiger partial charge in [-0.05, 0) is 25.0 Å². The summed E-state index contributed by atoms with van der Waals surface area (Å²) in [5, 5.41) is 0. The predicted octanol–water partition coefficient (Wildman–Crippen LogP) is 2.25. The van der Waals surface area contributed by atoms with Crippen molar-refractivity contribution in [2.45, 2.75) is 42.5 Å². The van der Waals surface area contributed by atoms with Crippen LogP contribution in [0, 0.1) is 11.6 Å². The second kappa shape index (κ2) is 5.98. The van der Waals surface area contributed by atoms with Gasteiger partial charge in [0, 0.05) is 25.2 Å². The van der Waals surface area contributed by atoms with Gasteiger partial charge >= 0.3 is 0 Å². The number of benzene rings is 1. The second-order valence-corrected chi connectivity index (χ2v) is 7.47. The van der Waals surface area contributed by atoms with E-state index in [0.29, 0.717) is 18.9 Å². The number of likely N-dealkylation sites (N-methyl/N-ethyl adjacent to an activating group) is 1. The third-order valence-corrected chi connectivity index (χ3v) is 6.36. The van der Waals surface area contributed by atoms with Crippen LogP contribution in [-0.4, -0.2) is 31.9 Å². The molecule has 4 nitrogen and oxygen atoms in total. The normalized spacial score (nSPS) is 18.9. The Morgan fingerprint density at radius 3 is 2.38 bits per heavy atom. The standard InChI is InChI=1S/C14H20F2N2O2S/c1-18(14(10-17)7-3-2-4-8-14)21(19,20)13-6-5-11(15)9-12(13)16/h5-6,9H,2-4,7-8,10,17H2,1H3. The van der Waals surface area contributed by atoms with Gasteiger partial charge in [0.25, 0.3) is 0 Å². The lowest BCUT2D eigenvalue weighted by atomic mass is 9.82. The molecule has 0 heterocycles. The van der Waals surface area contributed by atoms with Crippen molar-refractivity contribution >= 4 is 10.0 Å². The number of sulfonamides is 1. The summed E-state index contributed by atoms with van der Waals surface area (Å²) in [7, 11) is -2.62. The molecule has 1 aliphatic rings. The minimum Gasteiger partial charge on any atom is -0.329 e. The Balaban J connectivity index is 2.42. The first-order valence-corrected chi connectivity index (χ1v) is 8.42. The van der Waals surface area contributed by atoms with Crippen LogP contribution in [0.15, 0.2) is 23.1 Å². The third-order valence-electron chi connectivity index (χ3n) is 4.36. The maximum Gasteiger partial charge on any atom is 0.246 e. The van der Waals surface area contributed by atoms with Crippen LogP contribution in [0.2, 0.25) is 0 Å². The van der Waals surface area contributed by atoms with Gasteiger partial charge in [0.1, 0.15) is 16.5 Å². The average molecular weight is 318 g/mol. The smallest absolute Gasteiger partial charge is 0.246 e. The van der Waals surface area contributed by atoms with Crippen LogP contribution in [-0.2, 0) is 10.0 Å². The van der Waals surface area contributed by atoms with Crippen LogP contribution in [0.3, 0.4) is 0 Å². The lowest BCUT2D eigenvalue weighted by Crippen LogP contribution is -2.55. The van der Waals surface area contributed by atoms with E-state index in [9.17, 15) is 17.2 Å². The summed E-state index contributed by atoms with van der Waals surface area (Å²) in [6, 6.07) is 2.49. The Bertz CT molecular complexity index is 613. The molecule has 118 valence electrons. The van der Waals surface area contributed by atoms with Gasteiger partial charge in [0.15, 0.2) is 0 Å². The fourth-order valence-electron chi connectivity index (χ4n) is 2.94. The van der Waals surface area contributed by atoms with E-state index in [-0.39, 0.29) is 6.54 Å². The third kappa shape index (κ3) is 2.95. The minimum absolute atomic E-state index is 0.186. The maximum absolute atomic E-state index is 13.8. The molecule has 0 bridgehead atoms. The molecular formula is C14H20F2N2O2S. The molecule has 1 saturated carbocycles. The van der Waals surface area contributed by atoms with Gasteiger partial charge < -0.3 is 5.73 Å². The summed E-state index contributed by atoms with van der Waals surface area (Å²) in [5.41, 5.74) is 5.13. The van der Waals surface area contributed by atoms with Crippen molar-refractivity contribution in [1.29, 1.82) is 0 Å². The van der Waals surface area contributed by atoms with Gasteiger partial charge in [-0.3, -0.25) is 0 Å². The molecule has 1 fully saturated rings. The first-order valence-electron chi connectivity index (χ1n) is 6.98. The summed E-state index contributed by atoms with van der Waals surface area (Å²) in [4.78, 5) is -0.509. The molecule has 0 radical (unpaired) electrons. The van der Waals surface area contributed by atoms with Crippen LogP contribution in [0.5, 0.6) is 0 Å². The molecular weight excluding hydrogens is 298 g/mol. The molecule has 0 atom stereocenters. The fraction of sp³-hybridized carbons (Fsp3) is 0.571. The van der Waals surface area contributed by atoms with Crippen LogP contribution in [0.4, 0.5) is 8.78 Å². The summed E-state index contributed by atoms with van der Waals surface area (Å²) in [6.07, 6.45) is 4.14. The zero-order valence-electron chi connectivity index (χ0n) is 12.0. The number of nitrogens with zero attached hydrogens (tertiary/aromatic N) is 1. The van der Waals surface area contributed by atoms with Crippen molar-refractivity contribution in [1.82, 2.24) is 4.31 Å². The molecule has 2 N–H and O–H groups in total. The second-order valence-electron chi connectivity index (χ2n) is 5.54. The Labute approximate surface area is 124 Å². The summed E-state index contributed by atoms with van der Waals surface area (Å²) in [6.45, 7) is 0.186. The Morgan fingerprint density at radius 1 is 1.24 bits per heavy atom. The minimum atomic E-state index is -4.04. The lowest BCUT2D eigenvalue weighted by Gasteiger charge is -2.43. The molecule has 21 heavy (non-hydrogen) atoms. The molecule has 7 heteroatoms. The first kappa shape index (κ1) is 16.3. The van der Waals surface area contributed by atoms with Gasteiger partial charge in [-0.2, -0.15) is 4.31 Å². The molecule has 0 saturated heterocycles. The molecule has 1 aromatic rings. The van der Waals surface area contributed by atoms with Crippen molar-refractivity contribution in [2.24, 2.45) is 5.73 Å². The van der Waals surface area contributed by atoms with Gasteiger partial charge in [0.2, 0.25) is 10.0 Å². The monoisotopic (exact) mass is 318 g/mol. The van der Waals surface area contributed by atoms with E-state index in [1.54, 1.807) is 0 Å². The number of halogens is 2. The highest BCUT2D eigenvalue weighted by Gasteiger charge is 2.42. The number of hydrogen-bond donors (Lipinski definition) is 1. The van der Waals surface area contributed by atoms with Crippen LogP contribution in [0.25, 0.3) is 0 Å². The highest BCUT2D eigenvalue weighted by atomic mass is 32.2. The fourth-order valence-corrected chi connectivity index (χ4v) is 4.55. The Morgan fingerprint density at radius 2 is 1.86 bits per heavy atom. The van der Waals surface area contributed by atoms with Crippen molar-refractivity contribution in [2.75, 3.05) is 13.6 Å². The quantitative estimate of drug-likeness (QED) is 0.926. The van der Waals surface area contributed by atoms with Gasteiger partial charge in [-0.1, -0.05) is 19.3 Å². The van der Waals surface area contributed by atoms with Crippen LogP contribution < -0.4 is 5.73 Å². The van der Waals surface area contributed by atoms with Crippen molar-refractivity contribution in [3.63, 3.8) is 0 Å². The molecule has 0 aromatic heterocycles. The summed E-state index contributed by atoms with van der Waals surface area (Å²) < 4.78 is 53.2. The van der Waals surface area contributed by atoms with E-state index in [2.05, 4.69) is 0 Å². The highest BCUT2D eigenvalue weighted by molar-refractivity contribution is 7.89. The summed E-state index contributed by atoms with van der Waals surface area (Å²) >= 11 is 0. The van der Waals surface area contributed by atoms with Gasteiger partial charge in [-0.15, -0.1) is 0 Å². The Hall–Kier alpha value is -1.05. The number of hydrogen-bond acceptors (Lipinski definition) is 3. The predicted molar refractivity (Wildman–Crippen MR) is 76.2 cm³/mol. The highest BCUT2D eigenvalue weighted by Crippen LogP contribution is 2.35. The molecule has 0 spiro atoms. The molecule has 0 aliphatic heterocycles. The topological polar surface area (TPSA) is 63.4 Å². The van der Waals surface area contributed by atoms with Crippen LogP contribution in [0.1, 0.15) is 32.1 Å². The molecule has 0 unspecified atom stereocenters. The molecule has 0 amide bonds. The van der Waals surface area contributed by atoms with Crippen molar-refractivity contribution < 1.29 is 17.2 Å². The number of nitrogens with two attached hydrogens (primary N) is 1. The lowest BCUT2D eigenvalue weighted by molar-refractivity contribution is 0.159. The SMILES string of the molecule is CN(C1(CN)CCCCC1)S(=O)(=O)c1ccc(F)cc1F. The largest absolute Gasteiger partial charge is 0.329 e. The zero-order chi connectivity index (χ0) is 15.7. The van der Waals surface area contributed by atoms with E-state index in [1.807, 2.05) is 0 Å². The zero-order valence-corrected chi connectivity index (χ0v) is 12.8. The van der Waals surface area contributed by atoms with E-state index in [4.69, 9.17) is 5.73 Å². The van der Waals surface area contributed by atoms with E-state index in [1.165, 1.54) is 11.4 Å². The van der Waals surface area contributed by atoms with E-state index >= 15 is 0 Å². The molecule has 2 rings (SSSR count). The van der Waals surface area contributed by atoms with E-state index < -0.39 is 32.1 Å². The first-order chi connectivity index (χ1) is 9.83. The summed E-state index contributed by atoms with van der Waals surface area (Å²) in [5.74, 6) is -1.88. The maximum atomic E-state index is 13.8. The van der Waals surface area contributed by atoms with Gasteiger partial charge in [0.05, 0.1) is 0 Å².